The zero-order valence-electron chi connectivity index (χ0n) is 22.6. The number of benzene rings is 1. The monoisotopic (exact) mass is 512 g/mol. The van der Waals surface area contributed by atoms with Crippen LogP contribution >= 0.6 is 0 Å². The summed E-state index contributed by atoms with van der Waals surface area (Å²) < 4.78 is 32.6. The number of ether oxygens (including phenoxy) is 3. The number of nitrogens with one attached hydrogen (secondary N) is 1. The summed E-state index contributed by atoms with van der Waals surface area (Å²) >= 11 is 0. The summed E-state index contributed by atoms with van der Waals surface area (Å²) in [6, 6.07) is 3.51. The van der Waals surface area contributed by atoms with Crippen molar-refractivity contribution >= 4 is 17.0 Å². The molecular formula is C29H37FN2O5. The Kier molecular flexibility index (Phi) is 7.90. The highest BCUT2D eigenvalue weighted by molar-refractivity contribution is 5.99. The molecule has 3 heterocycles. The number of aryl methyl sites for hydroxylation is 2. The van der Waals surface area contributed by atoms with Gasteiger partial charge in [-0.1, -0.05) is 0 Å². The molecule has 0 radical (unpaired) electrons. The molecule has 0 spiro atoms. The van der Waals surface area contributed by atoms with Gasteiger partial charge in [0, 0.05) is 40.1 Å². The van der Waals surface area contributed by atoms with Gasteiger partial charge in [-0.2, -0.15) is 0 Å². The summed E-state index contributed by atoms with van der Waals surface area (Å²) in [6.07, 6.45) is 2.71. The lowest BCUT2D eigenvalue weighted by molar-refractivity contribution is -0.164. The first-order chi connectivity index (χ1) is 17.6. The Hall–Kier alpha value is -2.97. The van der Waals surface area contributed by atoms with E-state index in [4.69, 9.17) is 19.2 Å². The van der Waals surface area contributed by atoms with Crippen molar-refractivity contribution in [3.8, 4) is 16.9 Å². The second-order valence-electron chi connectivity index (χ2n) is 10.6. The van der Waals surface area contributed by atoms with Gasteiger partial charge >= 0.3 is 5.97 Å². The van der Waals surface area contributed by atoms with Gasteiger partial charge in [0.2, 0.25) is 0 Å². The van der Waals surface area contributed by atoms with E-state index >= 15 is 4.39 Å². The highest BCUT2D eigenvalue weighted by Crippen LogP contribution is 2.44. The Morgan fingerprint density at radius 3 is 2.70 bits per heavy atom. The number of carbonyl (C=O) groups excluding carboxylic acids is 1. The van der Waals surface area contributed by atoms with Gasteiger partial charge in [-0.15, -0.1) is 0 Å². The molecule has 4 rings (SSSR count). The van der Waals surface area contributed by atoms with Gasteiger partial charge in [0.25, 0.3) is 0 Å². The number of rotatable bonds is 8. The van der Waals surface area contributed by atoms with E-state index in [2.05, 4.69) is 4.98 Å². The fourth-order valence-electron chi connectivity index (χ4n) is 5.11. The number of fused-ring (bicyclic) bond motifs is 2. The van der Waals surface area contributed by atoms with Crippen LogP contribution in [-0.2, 0) is 27.1 Å². The second kappa shape index (κ2) is 10.8. The average molecular weight is 513 g/mol. The summed E-state index contributed by atoms with van der Waals surface area (Å²) in [5, 5.41) is 9.99. The standard InChI is InChI=1S/C29H37FN2O5/c1-16-19-11-9-13-36-25(19)22(30)15-20(16)24-21-14-18(10-7-8-12-33)32-27(21)31-17(2)23(24)26(28(34)35-6)37-29(3,4)5/h14-15,26,33H,7-13H2,1-6H3,(H,31,32)/t26-/m0/s1. The predicted octanol–water partition coefficient (Wildman–Crippen LogP) is 5.66. The molecular weight excluding hydrogens is 475 g/mol. The van der Waals surface area contributed by atoms with Gasteiger partial charge in [-0.05, 0) is 90.0 Å². The van der Waals surface area contributed by atoms with Gasteiger partial charge in [0.1, 0.15) is 5.65 Å². The molecule has 1 aromatic carbocycles. The summed E-state index contributed by atoms with van der Waals surface area (Å²) in [5.74, 6) is -0.655. The van der Waals surface area contributed by atoms with E-state index in [1.54, 1.807) is 0 Å². The van der Waals surface area contributed by atoms with E-state index in [1.165, 1.54) is 13.2 Å². The number of methoxy groups -OCH3 is 1. The molecule has 0 saturated carbocycles. The van der Waals surface area contributed by atoms with E-state index in [1.807, 2.05) is 40.7 Å². The Morgan fingerprint density at radius 1 is 1.27 bits per heavy atom. The quantitative estimate of drug-likeness (QED) is 0.299. The number of unbranched alkanes of at least 4 members (excludes halogenated alkanes) is 1. The van der Waals surface area contributed by atoms with Crippen molar-refractivity contribution in [2.45, 2.75) is 78.4 Å². The zero-order valence-corrected chi connectivity index (χ0v) is 22.6. The molecule has 2 N–H and O–H groups in total. The average Bonchev–Trinajstić information content (AvgIpc) is 3.25. The molecule has 0 aliphatic carbocycles. The number of halogens is 1. The minimum Gasteiger partial charge on any atom is -0.490 e. The van der Waals surface area contributed by atoms with E-state index in [0.29, 0.717) is 53.2 Å². The van der Waals surface area contributed by atoms with Gasteiger partial charge in [0.05, 0.1) is 19.3 Å². The maximum Gasteiger partial charge on any atom is 0.339 e. The van der Waals surface area contributed by atoms with Crippen molar-refractivity contribution in [2.75, 3.05) is 20.3 Å². The summed E-state index contributed by atoms with van der Waals surface area (Å²) in [7, 11) is 1.33. The van der Waals surface area contributed by atoms with Crippen molar-refractivity contribution in [1.29, 1.82) is 0 Å². The van der Waals surface area contributed by atoms with Crippen molar-refractivity contribution < 1.29 is 28.5 Å². The first kappa shape index (κ1) is 27.1. The molecule has 0 fully saturated rings. The summed E-state index contributed by atoms with van der Waals surface area (Å²) in [6.45, 7) is 10.1. The molecule has 0 saturated heterocycles. The number of nitrogens with zero attached hydrogens (tertiary/aromatic N) is 1. The van der Waals surface area contributed by atoms with Crippen molar-refractivity contribution in [1.82, 2.24) is 9.97 Å². The molecule has 0 unspecified atom stereocenters. The lowest BCUT2D eigenvalue weighted by atomic mass is 9.86. The Morgan fingerprint density at radius 2 is 2.03 bits per heavy atom. The third kappa shape index (κ3) is 5.50. The fourth-order valence-corrected chi connectivity index (χ4v) is 5.11. The number of aliphatic hydroxyl groups is 1. The first-order valence-corrected chi connectivity index (χ1v) is 12.9. The number of hydrogen-bond donors (Lipinski definition) is 2. The van der Waals surface area contributed by atoms with Gasteiger partial charge in [0.15, 0.2) is 17.7 Å². The van der Waals surface area contributed by atoms with E-state index < -0.39 is 23.5 Å². The molecule has 3 aromatic rings. The van der Waals surface area contributed by atoms with Crippen LogP contribution in [0.2, 0.25) is 0 Å². The molecule has 200 valence electrons. The van der Waals surface area contributed by atoms with Gasteiger partial charge < -0.3 is 24.3 Å². The number of aromatic nitrogens is 2. The fraction of sp³-hybridized carbons (Fsp3) is 0.517. The highest BCUT2D eigenvalue weighted by atomic mass is 19.1. The van der Waals surface area contributed by atoms with Crippen LogP contribution in [0.25, 0.3) is 22.2 Å². The van der Waals surface area contributed by atoms with Crippen LogP contribution < -0.4 is 4.74 Å². The van der Waals surface area contributed by atoms with Gasteiger partial charge in [-0.3, -0.25) is 0 Å². The molecule has 37 heavy (non-hydrogen) atoms. The number of H-pyrrole nitrogens is 1. The van der Waals surface area contributed by atoms with Crippen LogP contribution in [0.4, 0.5) is 4.39 Å². The van der Waals surface area contributed by atoms with Crippen molar-refractivity contribution in [3.63, 3.8) is 0 Å². The number of aromatic amines is 1. The molecule has 1 atom stereocenters. The van der Waals surface area contributed by atoms with E-state index in [0.717, 1.165) is 41.5 Å². The highest BCUT2D eigenvalue weighted by Gasteiger charge is 2.34. The maximum absolute atomic E-state index is 15.4. The third-order valence-electron chi connectivity index (χ3n) is 6.77. The molecule has 0 amide bonds. The third-order valence-corrected chi connectivity index (χ3v) is 6.77. The maximum atomic E-state index is 15.4. The second-order valence-corrected chi connectivity index (χ2v) is 10.6. The molecule has 1 aliphatic rings. The smallest absolute Gasteiger partial charge is 0.339 e. The molecule has 7 nitrogen and oxygen atoms in total. The van der Waals surface area contributed by atoms with Crippen molar-refractivity contribution in [3.05, 3.63) is 46.0 Å². The first-order valence-electron chi connectivity index (χ1n) is 12.9. The Labute approximate surface area is 217 Å². The number of carbonyl (C=O) groups is 1. The minimum absolute atomic E-state index is 0.133. The van der Waals surface area contributed by atoms with Crippen LogP contribution in [0.3, 0.4) is 0 Å². The SMILES string of the molecule is COC(=O)[C@@H](OC(C)(C)C)c1c(C)nc2[nH]c(CCCCO)cc2c1-c1cc(F)c2c(c1C)CCCO2. The van der Waals surface area contributed by atoms with E-state index in [9.17, 15) is 9.90 Å². The van der Waals surface area contributed by atoms with Crippen molar-refractivity contribution in [2.24, 2.45) is 0 Å². The molecule has 0 bridgehead atoms. The van der Waals surface area contributed by atoms with E-state index in [-0.39, 0.29) is 6.61 Å². The summed E-state index contributed by atoms with van der Waals surface area (Å²) in [4.78, 5) is 21.3. The Balaban J connectivity index is 2.04. The Bertz CT molecular complexity index is 1310. The van der Waals surface area contributed by atoms with Crippen LogP contribution in [0, 0.1) is 19.7 Å². The summed E-state index contributed by atoms with van der Waals surface area (Å²) in [5.41, 5.74) is 5.26. The normalized spacial score (nSPS) is 14.4. The zero-order chi connectivity index (χ0) is 26.9. The van der Waals surface area contributed by atoms with Crippen LogP contribution in [0.1, 0.15) is 74.2 Å². The minimum atomic E-state index is -1.06. The van der Waals surface area contributed by atoms with Crippen LogP contribution in [0.15, 0.2) is 12.1 Å². The molecule has 8 heteroatoms. The number of esters is 1. The topological polar surface area (TPSA) is 93.7 Å². The molecule has 2 aromatic heterocycles. The predicted molar refractivity (Wildman–Crippen MR) is 140 cm³/mol. The lowest BCUT2D eigenvalue weighted by Crippen LogP contribution is -2.29. The number of hydrogen-bond acceptors (Lipinski definition) is 6. The van der Waals surface area contributed by atoms with Crippen LogP contribution in [-0.4, -0.2) is 47.0 Å². The largest absolute Gasteiger partial charge is 0.490 e. The van der Waals surface area contributed by atoms with Gasteiger partial charge in [-0.25, -0.2) is 14.2 Å². The lowest BCUT2D eigenvalue weighted by Gasteiger charge is -2.29. The molecule has 1 aliphatic heterocycles. The van der Waals surface area contributed by atoms with Crippen LogP contribution in [0.5, 0.6) is 5.75 Å². The number of aliphatic hydroxyl groups excluding tert-OH is 1. The number of pyridine rings is 1.